The first-order valence-electron chi connectivity index (χ1n) is 15.6. The Balaban J connectivity index is 1.46. The second-order valence-corrected chi connectivity index (χ2v) is 11.6. The van der Waals surface area contributed by atoms with E-state index >= 15 is 0 Å². The first-order chi connectivity index (χ1) is 22.8. The van der Waals surface area contributed by atoms with Crippen molar-refractivity contribution in [3.05, 3.63) is 114 Å². The summed E-state index contributed by atoms with van der Waals surface area (Å²) in [6, 6.07) is 22.1. The molecule has 3 aromatic rings. The number of ether oxygens (including phenoxy) is 1. The van der Waals surface area contributed by atoms with Crippen molar-refractivity contribution < 1.29 is 29.3 Å². The average Bonchev–Trinajstić information content (AvgIpc) is 3.07. The van der Waals surface area contributed by atoms with E-state index in [1.165, 1.54) is 0 Å². The predicted molar refractivity (Wildman–Crippen MR) is 176 cm³/mol. The zero-order valence-electron chi connectivity index (χ0n) is 26.5. The van der Waals surface area contributed by atoms with Crippen LogP contribution in [0.4, 0.5) is 4.79 Å². The molecule has 2 aliphatic rings. The molecule has 0 aliphatic carbocycles. The number of nitrogens with one attached hydrogen (secondary N) is 2. The summed E-state index contributed by atoms with van der Waals surface area (Å²) in [4.78, 5) is 44.4. The van der Waals surface area contributed by atoms with E-state index in [2.05, 4.69) is 17.2 Å². The van der Waals surface area contributed by atoms with Gasteiger partial charge in [-0.05, 0) is 47.4 Å². The Morgan fingerprint density at radius 3 is 2.45 bits per heavy atom. The highest BCUT2D eigenvalue weighted by Gasteiger charge is 2.51. The SMILES string of the molecule is C=CCN1CC(O)N2C(Cc3ccc(O)cc3)C(=O)N(Cc3cccc(C(=O)NCCOC)c3)C[C@@H]2N1C(=O)NCc1ccccc1. The predicted octanol–water partition coefficient (Wildman–Crippen LogP) is 2.30. The Labute approximate surface area is 274 Å². The first-order valence-corrected chi connectivity index (χ1v) is 15.6. The number of fused-ring (bicyclic) bond motifs is 1. The molecule has 2 saturated heterocycles. The number of methoxy groups -OCH3 is 1. The van der Waals surface area contributed by atoms with Crippen molar-refractivity contribution in [2.75, 3.05) is 39.9 Å². The lowest BCUT2D eigenvalue weighted by atomic mass is 9.97. The van der Waals surface area contributed by atoms with Crippen LogP contribution in [-0.2, 0) is 29.0 Å². The smallest absolute Gasteiger partial charge is 0.333 e. The lowest BCUT2D eigenvalue weighted by molar-refractivity contribution is -0.226. The van der Waals surface area contributed by atoms with E-state index in [1.807, 2.05) is 36.4 Å². The fraction of sp³-hybridized carbons (Fsp3) is 0.343. The molecule has 0 bridgehead atoms. The Kier molecular flexibility index (Phi) is 11.2. The van der Waals surface area contributed by atoms with Crippen LogP contribution in [0.3, 0.4) is 0 Å². The standard InChI is InChI=1S/C35H42N6O6/c1-3-17-39-24-32(43)40-30(20-25-12-14-29(42)15-13-25)34(45)38(22-27-10-7-11-28(19-27)33(44)36-16-18-47-2)23-31(40)41(39)35(46)37-21-26-8-5-4-6-9-26/h3-15,19,30-32,42-43H,1,16-18,20-24H2,2H3,(H,36,44)(H,37,46)/t30?,31-,32?/m0/s1. The third-order valence-electron chi connectivity index (χ3n) is 8.34. The van der Waals surface area contributed by atoms with Gasteiger partial charge in [0.05, 0.1) is 25.7 Å². The highest BCUT2D eigenvalue weighted by Crippen LogP contribution is 2.31. The minimum absolute atomic E-state index is 0.0842. The van der Waals surface area contributed by atoms with Crippen molar-refractivity contribution in [1.82, 2.24) is 30.5 Å². The third kappa shape index (κ3) is 8.16. The molecule has 47 heavy (non-hydrogen) atoms. The summed E-state index contributed by atoms with van der Waals surface area (Å²) >= 11 is 0. The Bertz CT molecular complexity index is 1540. The van der Waals surface area contributed by atoms with Crippen LogP contribution in [0.2, 0.25) is 0 Å². The van der Waals surface area contributed by atoms with Crippen LogP contribution in [-0.4, -0.2) is 106 Å². The van der Waals surface area contributed by atoms with Crippen LogP contribution >= 0.6 is 0 Å². The molecule has 12 heteroatoms. The number of aromatic hydroxyl groups is 1. The minimum Gasteiger partial charge on any atom is -0.508 e. The molecule has 2 fully saturated rings. The zero-order chi connectivity index (χ0) is 33.3. The molecule has 4 amide bonds. The molecule has 0 radical (unpaired) electrons. The maximum Gasteiger partial charge on any atom is 0.333 e. The Morgan fingerprint density at radius 1 is 0.979 bits per heavy atom. The number of carbonyl (C=O) groups is 3. The van der Waals surface area contributed by atoms with Gasteiger partial charge in [-0.25, -0.2) is 19.7 Å². The maximum absolute atomic E-state index is 14.3. The number of rotatable bonds is 12. The van der Waals surface area contributed by atoms with Gasteiger partial charge in [0, 0.05) is 38.9 Å². The summed E-state index contributed by atoms with van der Waals surface area (Å²) in [5.74, 6) is -0.360. The van der Waals surface area contributed by atoms with Crippen LogP contribution < -0.4 is 10.6 Å². The van der Waals surface area contributed by atoms with Crippen molar-refractivity contribution in [3.63, 3.8) is 0 Å². The molecule has 2 unspecified atom stereocenters. The molecule has 0 spiro atoms. The number of hydrazine groups is 1. The number of aliphatic hydroxyl groups excluding tert-OH is 1. The number of β-amino-alcohol motifs (C(OH)–C–C–N with tert-alkyl or cyclic N) is 1. The van der Waals surface area contributed by atoms with E-state index in [9.17, 15) is 24.6 Å². The van der Waals surface area contributed by atoms with E-state index < -0.39 is 18.4 Å². The molecule has 248 valence electrons. The summed E-state index contributed by atoms with van der Waals surface area (Å²) in [6.07, 6.45) is 0.148. The van der Waals surface area contributed by atoms with Crippen molar-refractivity contribution in [2.45, 2.75) is 37.9 Å². The lowest BCUT2D eigenvalue weighted by Crippen LogP contribution is -2.77. The summed E-state index contributed by atoms with van der Waals surface area (Å²) in [6.45, 7) is 5.59. The molecule has 0 saturated carbocycles. The normalized spacial score (nSPS) is 20.0. The van der Waals surface area contributed by atoms with E-state index in [0.29, 0.717) is 31.8 Å². The number of aliphatic hydroxyl groups is 1. The quantitative estimate of drug-likeness (QED) is 0.175. The number of hydrogen-bond acceptors (Lipinski definition) is 8. The summed E-state index contributed by atoms with van der Waals surface area (Å²) in [5.41, 5.74) is 2.92. The molecular weight excluding hydrogens is 600 g/mol. The highest BCUT2D eigenvalue weighted by atomic mass is 16.5. The van der Waals surface area contributed by atoms with Gasteiger partial charge in [-0.15, -0.1) is 6.58 Å². The van der Waals surface area contributed by atoms with Crippen molar-refractivity contribution in [1.29, 1.82) is 0 Å². The summed E-state index contributed by atoms with van der Waals surface area (Å²) < 4.78 is 5.03. The van der Waals surface area contributed by atoms with E-state index in [0.717, 1.165) is 16.7 Å². The van der Waals surface area contributed by atoms with Crippen LogP contribution in [0.25, 0.3) is 0 Å². The number of benzene rings is 3. The molecule has 0 aromatic heterocycles. The summed E-state index contributed by atoms with van der Waals surface area (Å²) in [5, 5.41) is 30.5. The highest BCUT2D eigenvalue weighted by molar-refractivity contribution is 5.94. The van der Waals surface area contributed by atoms with Crippen LogP contribution in [0.5, 0.6) is 5.75 Å². The van der Waals surface area contributed by atoms with Crippen molar-refractivity contribution >= 4 is 17.8 Å². The lowest BCUT2D eigenvalue weighted by Gasteiger charge is -2.57. The summed E-state index contributed by atoms with van der Waals surface area (Å²) in [7, 11) is 1.56. The van der Waals surface area contributed by atoms with Crippen LogP contribution in [0, 0.1) is 0 Å². The number of nitrogens with zero attached hydrogens (tertiary/aromatic N) is 4. The second kappa shape index (κ2) is 15.7. The molecule has 3 atom stereocenters. The molecular formula is C35H42N6O6. The number of piperazine rings is 1. The Hall–Kier alpha value is -4.75. The zero-order valence-corrected chi connectivity index (χ0v) is 26.5. The molecule has 4 N–H and O–H groups in total. The van der Waals surface area contributed by atoms with Gasteiger partial charge in [-0.1, -0.05) is 60.7 Å². The number of phenolic OH excluding ortho intramolecular Hbond substituents is 1. The topological polar surface area (TPSA) is 138 Å². The monoisotopic (exact) mass is 642 g/mol. The number of amides is 4. The molecule has 12 nitrogen and oxygen atoms in total. The van der Waals surface area contributed by atoms with Crippen LogP contribution in [0.1, 0.15) is 27.0 Å². The van der Waals surface area contributed by atoms with Crippen LogP contribution in [0.15, 0.2) is 91.5 Å². The van der Waals surface area contributed by atoms with Gasteiger partial charge >= 0.3 is 6.03 Å². The number of carbonyl (C=O) groups excluding carboxylic acids is 3. The van der Waals surface area contributed by atoms with Gasteiger partial charge in [0.25, 0.3) is 5.91 Å². The fourth-order valence-electron chi connectivity index (χ4n) is 6.12. The molecule has 3 aromatic carbocycles. The number of hydrogen-bond donors (Lipinski definition) is 4. The van der Waals surface area contributed by atoms with Crippen molar-refractivity contribution in [2.24, 2.45) is 0 Å². The van der Waals surface area contributed by atoms with E-state index in [-0.39, 0.29) is 49.7 Å². The van der Waals surface area contributed by atoms with Crippen molar-refractivity contribution in [3.8, 4) is 5.75 Å². The van der Waals surface area contributed by atoms with Gasteiger partial charge in [-0.2, -0.15) is 0 Å². The largest absolute Gasteiger partial charge is 0.508 e. The van der Waals surface area contributed by atoms with Gasteiger partial charge in [-0.3, -0.25) is 9.59 Å². The fourth-order valence-corrected chi connectivity index (χ4v) is 6.12. The second-order valence-electron chi connectivity index (χ2n) is 11.6. The van der Waals surface area contributed by atoms with E-state index in [1.54, 1.807) is 75.5 Å². The average molecular weight is 643 g/mol. The molecule has 2 aliphatic heterocycles. The minimum atomic E-state index is -1.05. The van der Waals surface area contributed by atoms with Gasteiger partial charge in [0.1, 0.15) is 18.1 Å². The maximum atomic E-state index is 14.3. The van der Waals surface area contributed by atoms with Gasteiger partial charge in [0.15, 0.2) is 0 Å². The first kappa shape index (κ1) is 33.6. The molecule has 2 heterocycles. The van der Waals surface area contributed by atoms with Gasteiger partial charge < -0.3 is 30.5 Å². The van der Waals surface area contributed by atoms with E-state index in [4.69, 9.17) is 4.74 Å². The number of urea groups is 1. The number of phenols is 1. The van der Waals surface area contributed by atoms with Gasteiger partial charge in [0.2, 0.25) is 5.91 Å². The third-order valence-corrected chi connectivity index (χ3v) is 8.34. The molecule has 5 rings (SSSR count). The Morgan fingerprint density at radius 2 is 1.72 bits per heavy atom.